The van der Waals surface area contributed by atoms with Crippen molar-refractivity contribution in [2.75, 3.05) is 19.9 Å². The Bertz CT molecular complexity index is 825. The van der Waals surface area contributed by atoms with Gasteiger partial charge in [-0.1, -0.05) is 36.4 Å². The Morgan fingerprint density at radius 3 is 2.71 bits per heavy atom. The Morgan fingerprint density at radius 2 is 2.18 bits per heavy atom. The van der Waals surface area contributed by atoms with E-state index in [1.54, 1.807) is 0 Å². The predicted molar refractivity (Wildman–Crippen MR) is 99.5 cm³/mol. The van der Waals surface area contributed by atoms with Crippen LogP contribution in [-0.4, -0.2) is 53.4 Å². The molecule has 150 valence electrons. The molecule has 0 amide bonds. The van der Waals surface area contributed by atoms with Crippen molar-refractivity contribution in [3.05, 3.63) is 59.2 Å². The summed E-state index contributed by atoms with van der Waals surface area (Å²) in [6, 6.07) is 0. The van der Waals surface area contributed by atoms with E-state index >= 15 is 0 Å². The van der Waals surface area contributed by atoms with Crippen LogP contribution in [0, 0.1) is 0 Å². The number of carbonyl (C=O) groups is 1. The highest BCUT2D eigenvalue weighted by Crippen LogP contribution is 2.33. The van der Waals surface area contributed by atoms with Gasteiger partial charge in [0.15, 0.2) is 11.3 Å². The van der Waals surface area contributed by atoms with Gasteiger partial charge in [0.2, 0.25) is 0 Å². The Labute approximate surface area is 164 Å². The molecule has 0 saturated carbocycles. The third-order valence-electron chi connectivity index (χ3n) is 3.94. The van der Waals surface area contributed by atoms with Gasteiger partial charge >= 0.3 is 0 Å². The van der Waals surface area contributed by atoms with Crippen molar-refractivity contribution in [3.8, 4) is 0 Å². The molecule has 1 atom stereocenters. The lowest BCUT2D eigenvalue weighted by atomic mass is 9.88. The van der Waals surface area contributed by atoms with E-state index in [1.165, 1.54) is 24.5 Å². The summed E-state index contributed by atoms with van der Waals surface area (Å²) in [6.45, 7) is 1.65. The van der Waals surface area contributed by atoms with Crippen LogP contribution in [0.4, 0.5) is 13.2 Å². The molecular weight excluding hydrogens is 397 g/mol. The largest absolute Gasteiger partial charge is 0.385 e. The van der Waals surface area contributed by atoms with E-state index < -0.39 is 31.0 Å². The van der Waals surface area contributed by atoms with Gasteiger partial charge in [0.1, 0.15) is 30.0 Å². The van der Waals surface area contributed by atoms with Crippen molar-refractivity contribution in [1.29, 1.82) is 0 Å². The molecule has 28 heavy (non-hydrogen) atoms. The predicted octanol–water partition coefficient (Wildman–Crippen LogP) is 3.10. The lowest BCUT2D eigenvalue weighted by Gasteiger charge is -2.34. The third kappa shape index (κ3) is 5.05. The number of Topliss-reactive ketones (excluding diaryl/α,β-unsaturated/α-hetero) is 1. The second-order valence-corrected chi connectivity index (χ2v) is 6.31. The molecule has 2 N–H and O–H groups in total. The highest BCUT2D eigenvalue weighted by Gasteiger charge is 2.46. The zero-order valence-corrected chi connectivity index (χ0v) is 15.5. The van der Waals surface area contributed by atoms with Gasteiger partial charge in [0, 0.05) is 6.42 Å². The first-order valence-electron chi connectivity index (χ1n) is 8.12. The number of ketones is 1. The first-order chi connectivity index (χ1) is 13.3. The number of amidine groups is 1. The fourth-order valence-electron chi connectivity index (χ4n) is 2.59. The van der Waals surface area contributed by atoms with Crippen LogP contribution < -0.4 is 5.73 Å². The molecule has 0 unspecified atom stereocenters. The number of alkyl halides is 3. The van der Waals surface area contributed by atoms with Crippen LogP contribution in [0.1, 0.15) is 16.9 Å². The first kappa shape index (κ1) is 21.8. The molecule has 0 saturated heterocycles. The maximum Gasteiger partial charge on any atom is 0.269 e. The van der Waals surface area contributed by atoms with E-state index in [9.17, 15) is 18.0 Å². The number of nitrogens with two attached hydrogens (primary N) is 1. The number of nitrogens with zero attached hydrogens (tertiary/aromatic N) is 3. The van der Waals surface area contributed by atoms with Crippen LogP contribution in [0.15, 0.2) is 53.3 Å². The Morgan fingerprint density at radius 1 is 1.43 bits per heavy atom. The molecule has 0 radical (unpaired) electrons. The van der Waals surface area contributed by atoms with Gasteiger partial charge in [-0.3, -0.25) is 9.79 Å². The summed E-state index contributed by atoms with van der Waals surface area (Å²) in [5.74, 6) is -0.617. The molecule has 0 aliphatic carbocycles. The fourth-order valence-corrected chi connectivity index (χ4v) is 2.69. The zero-order chi connectivity index (χ0) is 20.7. The monoisotopic (exact) mass is 414 g/mol. The zero-order valence-electron chi connectivity index (χ0n) is 14.7. The molecule has 2 rings (SSSR count). The summed E-state index contributed by atoms with van der Waals surface area (Å²) in [5.41, 5.74) is 3.20. The number of aliphatic imine (C=N–C) groups is 1. The van der Waals surface area contributed by atoms with Crippen molar-refractivity contribution in [2.45, 2.75) is 18.4 Å². The number of halogens is 4. The summed E-state index contributed by atoms with van der Waals surface area (Å²) < 4.78 is 46.4. The van der Waals surface area contributed by atoms with Crippen LogP contribution in [-0.2, 0) is 4.74 Å². The van der Waals surface area contributed by atoms with E-state index in [0.717, 1.165) is 6.08 Å². The van der Waals surface area contributed by atoms with Crippen LogP contribution in [0.5, 0.6) is 0 Å². The lowest BCUT2D eigenvalue weighted by Crippen LogP contribution is -2.49. The van der Waals surface area contributed by atoms with Gasteiger partial charge < -0.3 is 10.5 Å². The highest BCUT2D eigenvalue weighted by atomic mass is 35.5. The molecule has 2 heterocycles. The number of carbonyl (C=O) groups excluding carboxylic acids is 1. The molecule has 0 fully saturated rings. The van der Waals surface area contributed by atoms with Crippen molar-refractivity contribution >= 4 is 23.2 Å². The number of hydrogen-bond donors (Lipinski definition) is 1. The van der Waals surface area contributed by atoms with Crippen molar-refractivity contribution in [3.63, 3.8) is 0 Å². The molecule has 1 aromatic rings. The normalized spacial score (nSPS) is 20.8. The van der Waals surface area contributed by atoms with Crippen LogP contribution in [0.25, 0.3) is 0 Å². The Balaban J connectivity index is 2.38. The maximum absolute atomic E-state index is 13.8. The minimum atomic E-state index is -3.06. The van der Waals surface area contributed by atoms with Gasteiger partial charge in [0.25, 0.3) is 6.43 Å². The summed E-state index contributed by atoms with van der Waals surface area (Å²) in [6.07, 6.45) is 3.01. The smallest absolute Gasteiger partial charge is 0.269 e. The second-order valence-electron chi connectivity index (χ2n) is 5.93. The lowest BCUT2D eigenvalue weighted by molar-refractivity contribution is 0.00586. The number of aromatic nitrogens is 2. The quantitative estimate of drug-likeness (QED) is 0.521. The summed E-state index contributed by atoms with van der Waals surface area (Å²) >= 11 is 5.64. The third-order valence-corrected chi connectivity index (χ3v) is 4.13. The molecule has 1 aliphatic heterocycles. The van der Waals surface area contributed by atoms with E-state index in [4.69, 9.17) is 22.1 Å². The molecule has 0 bridgehead atoms. The van der Waals surface area contributed by atoms with Crippen molar-refractivity contribution < 1.29 is 22.7 Å². The Hall–Kier alpha value is -2.52. The van der Waals surface area contributed by atoms with Gasteiger partial charge in [-0.2, -0.15) is 0 Å². The first-order valence-corrected chi connectivity index (χ1v) is 8.49. The molecule has 10 heteroatoms. The van der Waals surface area contributed by atoms with Crippen molar-refractivity contribution in [2.24, 2.45) is 10.7 Å². The standard InChI is InChI=1S/C18H18ClF3N4O2/c1-2-3-11(5-14(27)13-7-25-15(19)8-24-13)4-12(6-20)18(17(21)22)10-28-9-16(23)26-18/h2-4,7-8,17H,1,5-6,9-10H2,(H2,23,26)/b11-3+,12-4+/t18-/m0/s1. The molecule has 0 aromatic carbocycles. The number of hydrogen-bond acceptors (Lipinski definition) is 6. The summed E-state index contributed by atoms with van der Waals surface area (Å²) in [4.78, 5) is 23.8. The molecular formula is C18H18ClF3N4O2. The number of ether oxygens (including phenoxy) is 1. The minimum Gasteiger partial charge on any atom is -0.385 e. The highest BCUT2D eigenvalue weighted by molar-refractivity contribution is 6.29. The minimum absolute atomic E-state index is 0.0291. The van der Waals surface area contributed by atoms with Crippen molar-refractivity contribution in [1.82, 2.24) is 9.97 Å². The van der Waals surface area contributed by atoms with Crippen LogP contribution in [0.3, 0.4) is 0 Å². The molecule has 0 spiro atoms. The summed E-state index contributed by atoms with van der Waals surface area (Å²) in [7, 11) is 0. The molecule has 1 aromatic heterocycles. The number of rotatable bonds is 8. The Kier molecular flexibility index (Phi) is 7.47. The molecule has 1 aliphatic rings. The average molecular weight is 415 g/mol. The fraction of sp³-hybridized carbons (Fsp3) is 0.333. The maximum atomic E-state index is 13.8. The van der Waals surface area contributed by atoms with Gasteiger partial charge in [-0.25, -0.2) is 23.1 Å². The second kappa shape index (κ2) is 9.61. The van der Waals surface area contributed by atoms with E-state index in [-0.39, 0.29) is 40.9 Å². The van der Waals surface area contributed by atoms with E-state index in [0.29, 0.717) is 0 Å². The van der Waals surface area contributed by atoms with Gasteiger partial charge in [0.05, 0.1) is 19.0 Å². The average Bonchev–Trinajstić information content (AvgIpc) is 2.66. The van der Waals surface area contributed by atoms with Crippen LogP contribution >= 0.6 is 11.6 Å². The van der Waals surface area contributed by atoms with Gasteiger partial charge in [-0.15, -0.1) is 0 Å². The molecule has 6 nitrogen and oxygen atoms in total. The number of allylic oxidation sites excluding steroid dienone is 4. The van der Waals surface area contributed by atoms with Crippen LogP contribution in [0.2, 0.25) is 5.15 Å². The topological polar surface area (TPSA) is 90.5 Å². The summed E-state index contributed by atoms with van der Waals surface area (Å²) in [5, 5.41) is 0.115. The van der Waals surface area contributed by atoms with E-state index in [2.05, 4.69) is 21.5 Å². The SMILES string of the molecule is C=C/C=C(\C=C(/CF)[C@]1(C(F)F)COCC(N)=N1)CC(=O)c1cnc(Cl)cn1. The van der Waals surface area contributed by atoms with Gasteiger partial charge in [-0.05, 0) is 11.1 Å². The van der Waals surface area contributed by atoms with E-state index in [1.807, 2.05) is 0 Å².